The molecule has 0 amide bonds. The fourth-order valence-corrected chi connectivity index (χ4v) is 3.57. The zero-order valence-corrected chi connectivity index (χ0v) is 18.1. The summed E-state index contributed by atoms with van der Waals surface area (Å²) in [6.45, 7) is 6.31. The molecule has 31 heavy (non-hydrogen) atoms. The minimum Gasteiger partial charge on any atom is -0.383 e. The quantitative estimate of drug-likeness (QED) is 0.326. The van der Waals surface area contributed by atoms with Crippen molar-refractivity contribution in [3.05, 3.63) is 65.6 Å². The van der Waals surface area contributed by atoms with Crippen LogP contribution in [0.25, 0.3) is 22.2 Å². The Hall–Kier alpha value is -3.58. The maximum Gasteiger partial charge on any atom is 0.155 e. The topological polar surface area (TPSA) is 95.1 Å². The van der Waals surface area contributed by atoms with Crippen molar-refractivity contribution in [2.45, 2.75) is 26.3 Å². The minimum atomic E-state index is -0.188. The van der Waals surface area contributed by atoms with E-state index in [1.165, 1.54) is 6.33 Å². The smallest absolute Gasteiger partial charge is 0.155 e. The number of anilines is 2. The van der Waals surface area contributed by atoms with Gasteiger partial charge in [-0.15, -0.1) is 0 Å². The van der Waals surface area contributed by atoms with Gasteiger partial charge in [0.2, 0.25) is 0 Å². The molecule has 0 atom stereocenters. The molecule has 8 heteroatoms. The van der Waals surface area contributed by atoms with Crippen molar-refractivity contribution >= 4 is 40.4 Å². The van der Waals surface area contributed by atoms with E-state index < -0.39 is 0 Å². The van der Waals surface area contributed by atoms with Crippen molar-refractivity contribution in [2.75, 3.05) is 11.2 Å². The van der Waals surface area contributed by atoms with Crippen molar-refractivity contribution in [3.63, 3.8) is 0 Å². The van der Waals surface area contributed by atoms with Crippen LogP contribution in [0.5, 0.6) is 5.75 Å². The first-order valence-electron chi connectivity index (χ1n) is 9.68. The fraction of sp³-hybridized carbons (Fsp3) is 0.174. The van der Waals surface area contributed by atoms with Crippen molar-refractivity contribution in [1.82, 2.24) is 14.5 Å². The molecule has 158 valence electrons. The molecular formula is C23H22ClN5O2. The van der Waals surface area contributed by atoms with Crippen LogP contribution in [0.15, 0.2) is 55.0 Å². The molecule has 0 aliphatic carbocycles. The second-order valence-electron chi connectivity index (χ2n) is 8.13. The number of aromatic nitrogens is 3. The normalized spacial score (nSPS) is 11.5. The predicted octanol–water partition coefficient (Wildman–Crippen LogP) is 5.31. The first-order valence-corrected chi connectivity index (χ1v) is 10.1. The number of halogens is 1. The van der Waals surface area contributed by atoms with E-state index >= 15 is 0 Å². The van der Waals surface area contributed by atoms with E-state index in [4.69, 9.17) is 22.2 Å². The number of hydrogen-bond donors (Lipinski definition) is 2. The zero-order valence-electron chi connectivity index (χ0n) is 17.4. The van der Waals surface area contributed by atoms with E-state index in [2.05, 4.69) is 40.8 Å². The van der Waals surface area contributed by atoms with Crippen molar-refractivity contribution in [2.24, 2.45) is 0 Å². The number of nitrogens with zero attached hydrogens (tertiary/aromatic N) is 3. The second kappa shape index (κ2) is 7.92. The minimum absolute atomic E-state index is 0.188. The van der Waals surface area contributed by atoms with Gasteiger partial charge in [0.25, 0.3) is 0 Å². The molecule has 0 aliphatic rings. The molecule has 0 unspecified atom stereocenters. The Morgan fingerprint density at radius 1 is 1.16 bits per heavy atom. The number of carbonyl (C=O) groups is 1. The van der Waals surface area contributed by atoms with Crippen LogP contribution in [-0.2, 0) is 5.54 Å². The summed E-state index contributed by atoms with van der Waals surface area (Å²) in [5.41, 5.74) is 12.5. The lowest BCUT2D eigenvalue weighted by atomic mass is 10.1. The average molecular weight is 436 g/mol. The third kappa shape index (κ3) is 4.04. The lowest BCUT2D eigenvalue weighted by Gasteiger charge is -2.21. The van der Waals surface area contributed by atoms with Crippen molar-refractivity contribution in [1.29, 1.82) is 0 Å². The van der Waals surface area contributed by atoms with Crippen LogP contribution in [0.4, 0.5) is 11.5 Å². The molecule has 0 aliphatic heterocycles. The van der Waals surface area contributed by atoms with Gasteiger partial charge >= 0.3 is 0 Å². The number of carbonyl (C=O) groups excluding carboxylic acids is 1. The van der Waals surface area contributed by atoms with Gasteiger partial charge in [0, 0.05) is 22.9 Å². The summed E-state index contributed by atoms with van der Waals surface area (Å²) in [7, 11) is 0. The van der Waals surface area contributed by atoms with E-state index in [1.807, 2.05) is 24.4 Å². The Kier molecular flexibility index (Phi) is 5.29. The van der Waals surface area contributed by atoms with Crippen LogP contribution < -0.4 is 16.1 Å². The highest BCUT2D eigenvalue weighted by Gasteiger charge is 2.22. The maximum absolute atomic E-state index is 10.9. The summed E-state index contributed by atoms with van der Waals surface area (Å²) >= 11 is 6.52. The summed E-state index contributed by atoms with van der Waals surface area (Å²) in [5, 5.41) is 1.26. The Morgan fingerprint density at radius 2 is 1.97 bits per heavy atom. The third-order valence-corrected chi connectivity index (χ3v) is 5.20. The van der Waals surface area contributed by atoms with Gasteiger partial charge in [-0.3, -0.25) is 4.79 Å². The largest absolute Gasteiger partial charge is 0.383 e. The number of nitrogen functional groups attached to an aromatic ring is 1. The molecule has 0 spiro atoms. The first-order chi connectivity index (χ1) is 14.8. The second-order valence-corrected chi connectivity index (χ2v) is 8.54. The number of fused-ring (bicyclic) bond motifs is 1. The summed E-state index contributed by atoms with van der Waals surface area (Å²) in [6, 6.07) is 12.4. The van der Waals surface area contributed by atoms with Gasteiger partial charge in [-0.2, -0.15) is 0 Å². The molecule has 2 aromatic carbocycles. The fourth-order valence-electron chi connectivity index (χ4n) is 3.35. The summed E-state index contributed by atoms with van der Waals surface area (Å²) in [6.07, 6.45) is 4.26. The molecule has 4 aromatic rings. The Balaban J connectivity index is 1.68. The van der Waals surface area contributed by atoms with E-state index in [1.54, 1.807) is 24.3 Å². The van der Waals surface area contributed by atoms with Gasteiger partial charge in [-0.05, 0) is 50.6 Å². The van der Waals surface area contributed by atoms with E-state index in [0.717, 1.165) is 28.4 Å². The molecule has 3 N–H and O–H groups in total. The number of nitrogens with two attached hydrogens (primary N) is 1. The lowest BCUT2D eigenvalue weighted by molar-refractivity contribution is 0.112. The molecular weight excluding hydrogens is 414 g/mol. The van der Waals surface area contributed by atoms with Crippen LogP contribution in [0, 0.1) is 0 Å². The first kappa shape index (κ1) is 20.7. The number of benzene rings is 2. The molecule has 0 bridgehead atoms. The standard InChI is InChI=1S/C23H22ClN5O2/c1-23(2,3)29-11-17(20-21(25)26-13-27-22(20)29)15-7-8-19(18(24)10-15)28-31-16-6-4-5-14(9-16)12-30/h4-13,28H,1-3H3,(H2,25,26,27). The molecule has 0 fully saturated rings. The number of nitrogens with one attached hydrogen (secondary N) is 1. The summed E-state index contributed by atoms with van der Waals surface area (Å²) in [5.74, 6) is 0.919. The van der Waals surface area contributed by atoms with Crippen LogP contribution >= 0.6 is 11.6 Å². The van der Waals surface area contributed by atoms with Crippen molar-refractivity contribution in [3.8, 4) is 16.9 Å². The average Bonchev–Trinajstić information content (AvgIpc) is 3.14. The Labute approximate surface area is 184 Å². The summed E-state index contributed by atoms with van der Waals surface area (Å²) < 4.78 is 2.08. The lowest BCUT2D eigenvalue weighted by Crippen LogP contribution is -2.21. The van der Waals surface area contributed by atoms with Gasteiger partial charge < -0.3 is 15.1 Å². The van der Waals surface area contributed by atoms with E-state index in [-0.39, 0.29) is 5.54 Å². The van der Waals surface area contributed by atoms with Crippen molar-refractivity contribution < 1.29 is 9.63 Å². The van der Waals surface area contributed by atoms with Crippen LogP contribution in [0.3, 0.4) is 0 Å². The van der Waals surface area contributed by atoms with Gasteiger partial charge in [-0.25, -0.2) is 15.4 Å². The highest BCUT2D eigenvalue weighted by Crippen LogP contribution is 2.37. The number of hydrogen-bond acceptors (Lipinski definition) is 6. The third-order valence-electron chi connectivity index (χ3n) is 4.89. The SMILES string of the molecule is CC(C)(C)n1cc(-c2ccc(NOc3cccc(C=O)c3)c(Cl)c2)c2c(N)ncnc21. The monoisotopic (exact) mass is 435 g/mol. The van der Waals surface area contributed by atoms with Gasteiger partial charge in [0.1, 0.15) is 24.1 Å². The number of aldehydes is 1. The molecule has 2 heterocycles. The van der Waals surface area contributed by atoms with Gasteiger partial charge in [-0.1, -0.05) is 29.8 Å². The molecule has 0 saturated carbocycles. The van der Waals surface area contributed by atoms with Gasteiger partial charge in [0.15, 0.2) is 5.75 Å². The number of rotatable bonds is 5. The Bertz CT molecular complexity index is 1280. The van der Waals surface area contributed by atoms with Gasteiger partial charge in [0.05, 0.1) is 16.1 Å². The maximum atomic E-state index is 10.9. The van der Waals surface area contributed by atoms with Crippen LogP contribution in [-0.4, -0.2) is 20.8 Å². The van der Waals surface area contributed by atoms with Crippen LogP contribution in [0.2, 0.25) is 5.02 Å². The highest BCUT2D eigenvalue weighted by atomic mass is 35.5. The van der Waals surface area contributed by atoms with E-state index in [0.29, 0.717) is 27.8 Å². The molecule has 0 saturated heterocycles. The summed E-state index contributed by atoms with van der Waals surface area (Å²) in [4.78, 5) is 25.1. The highest BCUT2D eigenvalue weighted by molar-refractivity contribution is 6.33. The molecule has 7 nitrogen and oxygen atoms in total. The zero-order chi connectivity index (χ0) is 22.2. The van der Waals surface area contributed by atoms with Crippen LogP contribution in [0.1, 0.15) is 31.1 Å². The molecule has 0 radical (unpaired) electrons. The van der Waals surface area contributed by atoms with E-state index in [9.17, 15) is 4.79 Å². The Morgan fingerprint density at radius 3 is 2.68 bits per heavy atom. The predicted molar refractivity (Wildman–Crippen MR) is 123 cm³/mol. The molecule has 2 aromatic heterocycles. The molecule has 4 rings (SSSR count).